The Morgan fingerprint density at radius 1 is 1.16 bits per heavy atom. The molecule has 1 aromatic carbocycles. The van der Waals surface area contributed by atoms with Gasteiger partial charge in [-0.2, -0.15) is 13.2 Å². The number of carboxylic acid groups (broad SMARTS) is 2. The third-order valence-electron chi connectivity index (χ3n) is 4.42. The highest BCUT2D eigenvalue weighted by Gasteiger charge is 2.33. The van der Waals surface area contributed by atoms with E-state index in [9.17, 15) is 27.9 Å². The molecule has 0 aliphatic carbocycles. The number of benzene rings is 1. The third kappa shape index (κ3) is 3.28. The van der Waals surface area contributed by atoms with Crippen molar-refractivity contribution in [3.8, 4) is 0 Å². The predicted molar refractivity (Wildman–Crippen MR) is 85.4 cm³/mol. The van der Waals surface area contributed by atoms with E-state index in [1.165, 1.54) is 11.0 Å². The molecule has 0 radical (unpaired) electrons. The van der Waals surface area contributed by atoms with Crippen LogP contribution in [0.3, 0.4) is 0 Å². The van der Waals surface area contributed by atoms with Crippen molar-refractivity contribution in [1.82, 2.24) is 4.90 Å². The summed E-state index contributed by atoms with van der Waals surface area (Å²) in [5, 5.41) is 19.0. The van der Waals surface area contributed by atoms with Gasteiger partial charge in [0.15, 0.2) is 0 Å². The summed E-state index contributed by atoms with van der Waals surface area (Å²) in [4.78, 5) is 23.9. The van der Waals surface area contributed by atoms with Gasteiger partial charge in [-0.25, -0.2) is 9.59 Å². The van der Waals surface area contributed by atoms with E-state index in [1.54, 1.807) is 0 Å². The molecule has 9 heteroatoms. The lowest BCUT2D eigenvalue weighted by Crippen LogP contribution is -2.37. The molecule has 25 heavy (non-hydrogen) atoms. The standard InChI is InChI=1S/C16H14F3NO4S/c17-16(18,19)9-1-2-10-11(7-9)25-13(14(21)22)12(10)8-3-5-20(6-4-8)15(23)24/h1-2,7-8H,3-6H2,(H,21,22)(H,23,24). The maximum absolute atomic E-state index is 12.9. The molecule has 1 aliphatic heterocycles. The van der Waals surface area contributed by atoms with Gasteiger partial charge in [-0.3, -0.25) is 0 Å². The van der Waals surface area contributed by atoms with Gasteiger partial charge in [-0.05, 0) is 41.8 Å². The molecular formula is C16H14F3NO4S. The first-order chi connectivity index (χ1) is 11.7. The van der Waals surface area contributed by atoms with Crippen LogP contribution in [-0.4, -0.2) is 40.3 Å². The molecule has 0 unspecified atom stereocenters. The summed E-state index contributed by atoms with van der Waals surface area (Å²) in [5.41, 5.74) is -0.295. The van der Waals surface area contributed by atoms with E-state index in [2.05, 4.69) is 0 Å². The minimum absolute atomic E-state index is 0.0306. The molecule has 2 heterocycles. The van der Waals surface area contributed by atoms with Crippen molar-refractivity contribution in [2.75, 3.05) is 13.1 Å². The van der Waals surface area contributed by atoms with Gasteiger partial charge in [0, 0.05) is 17.8 Å². The van der Waals surface area contributed by atoms with Gasteiger partial charge in [-0.15, -0.1) is 11.3 Å². The molecule has 1 aliphatic rings. The monoisotopic (exact) mass is 373 g/mol. The van der Waals surface area contributed by atoms with Gasteiger partial charge in [0.05, 0.1) is 5.56 Å². The highest BCUT2D eigenvalue weighted by Crippen LogP contribution is 2.42. The van der Waals surface area contributed by atoms with Crippen LogP contribution in [0.5, 0.6) is 0 Å². The SMILES string of the molecule is O=C(O)c1sc2cc(C(F)(F)F)ccc2c1C1CCN(C(=O)O)CC1. The van der Waals surface area contributed by atoms with Gasteiger partial charge >= 0.3 is 18.2 Å². The largest absolute Gasteiger partial charge is 0.477 e. The Hall–Kier alpha value is -2.29. The molecule has 1 amide bonds. The van der Waals surface area contributed by atoms with Crippen molar-refractivity contribution in [2.24, 2.45) is 0 Å². The first-order valence-corrected chi connectivity index (χ1v) is 8.35. The summed E-state index contributed by atoms with van der Waals surface area (Å²) in [6, 6.07) is 3.25. The zero-order chi connectivity index (χ0) is 18.4. The van der Waals surface area contributed by atoms with E-state index < -0.39 is 23.8 Å². The van der Waals surface area contributed by atoms with E-state index >= 15 is 0 Å². The zero-order valence-corrected chi connectivity index (χ0v) is 13.7. The van der Waals surface area contributed by atoms with Crippen LogP contribution in [0.15, 0.2) is 18.2 Å². The van der Waals surface area contributed by atoms with Crippen LogP contribution in [0.4, 0.5) is 18.0 Å². The predicted octanol–water partition coefficient (Wildman–Crippen LogP) is 4.48. The average molecular weight is 373 g/mol. The lowest BCUT2D eigenvalue weighted by atomic mass is 9.87. The number of halogens is 3. The van der Waals surface area contributed by atoms with Gasteiger partial charge in [0.2, 0.25) is 0 Å². The van der Waals surface area contributed by atoms with E-state index in [0.717, 1.165) is 23.5 Å². The number of carboxylic acids is 1. The minimum Gasteiger partial charge on any atom is -0.477 e. The molecule has 2 aromatic rings. The summed E-state index contributed by atoms with van der Waals surface area (Å²) in [6.07, 6.45) is -4.63. The molecule has 134 valence electrons. The van der Waals surface area contributed by atoms with E-state index in [1.807, 2.05) is 0 Å². The molecule has 0 spiro atoms. The molecule has 1 fully saturated rings. The van der Waals surface area contributed by atoms with Crippen molar-refractivity contribution in [3.05, 3.63) is 34.2 Å². The van der Waals surface area contributed by atoms with Gasteiger partial charge < -0.3 is 15.1 Å². The average Bonchev–Trinajstić information content (AvgIpc) is 2.93. The number of aromatic carboxylic acids is 1. The topological polar surface area (TPSA) is 77.8 Å². The Labute approximate surface area is 144 Å². The Morgan fingerprint density at radius 3 is 2.32 bits per heavy atom. The number of carbonyl (C=O) groups is 2. The van der Waals surface area contributed by atoms with E-state index in [0.29, 0.717) is 23.8 Å². The maximum atomic E-state index is 12.9. The molecule has 2 N–H and O–H groups in total. The molecule has 1 saturated heterocycles. The molecule has 1 aromatic heterocycles. The number of alkyl halides is 3. The highest BCUT2D eigenvalue weighted by atomic mass is 32.1. The fourth-order valence-electron chi connectivity index (χ4n) is 3.22. The van der Waals surface area contributed by atoms with Crippen LogP contribution in [0.25, 0.3) is 10.1 Å². The Kier molecular flexibility index (Phi) is 4.36. The van der Waals surface area contributed by atoms with Crippen molar-refractivity contribution in [2.45, 2.75) is 24.9 Å². The first-order valence-electron chi connectivity index (χ1n) is 7.53. The number of piperidine rings is 1. The summed E-state index contributed by atoms with van der Waals surface area (Å²) in [6.45, 7) is 0.550. The van der Waals surface area contributed by atoms with E-state index in [-0.39, 0.29) is 28.6 Å². The first kappa shape index (κ1) is 17.5. The number of hydrogen-bond acceptors (Lipinski definition) is 3. The maximum Gasteiger partial charge on any atom is 0.416 e. The lowest BCUT2D eigenvalue weighted by Gasteiger charge is -2.30. The second kappa shape index (κ2) is 6.21. The second-order valence-electron chi connectivity index (χ2n) is 5.90. The fourth-order valence-corrected chi connectivity index (χ4v) is 4.38. The Morgan fingerprint density at radius 2 is 1.80 bits per heavy atom. The summed E-state index contributed by atoms with van der Waals surface area (Å²) >= 11 is 0.834. The van der Waals surface area contributed by atoms with Crippen molar-refractivity contribution >= 4 is 33.5 Å². The number of rotatable bonds is 2. The Balaban J connectivity index is 2.03. The van der Waals surface area contributed by atoms with Crippen LogP contribution in [-0.2, 0) is 6.18 Å². The number of fused-ring (bicyclic) bond motifs is 1. The van der Waals surface area contributed by atoms with Crippen molar-refractivity contribution in [1.29, 1.82) is 0 Å². The number of hydrogen-bond donors (Lipinski definition) is 2. The van der Waals surface area contributed by atoms with Gasteiger partial charge in [0.1, 0.15) is 4.88 Å². The highest BCUT2D eigenvalue weighted by molar-refractivity contribution is 7.21. The molecular weight excluding hydrogens is 359 g/mol. The second-order valence-corrected chi connectivity index (χ2v) is 6.95. The fraction of sp³-hybridized carbons (Fsp3) is 0.375. The summed E-state index contributed by atoms with van der Waals surface area (Å²) in [5.74, 6) is -1.36. The van der Waals surface area contributed by atoms with Gasteiger partial charge in [-0.1, -0.05) is 6.07 Å². The quantitative estimate of drug-likeness (QED) is 0.814. The number of thiophene rings is 1. The Bertz CT molecular complexity index is 838. The summed E-state index contributed by atoms with van der Waals surface area (Å²) < 4.78 is 38.9. The van der Waals surface area contributed by atoms with Crippen LogP contribution < -0.4 is 0 Å². The van der Waals surface area contributed by atoms with Crippen LogP contribution in [0.1, 0.15) is 39.6 Å². The zero-order valence-electron chi connectivity index (χ0n) is 12.8. The summed E-state index contributed by atoms with van der Waals surface area (Å²) in [7, 11) is 0. The molecule has 0 saturated carbocycles. The number of likely N-dealkylation sites (tertiary alicyclic amines) is 1. The van der Waals surface area contributed by atoms with E-state index in [4.69, 9.17) is 5.11 Å². The normalized spacial score (nSPS) is 16.4. The number of amides is 1. The molecule has 3 rings (SSSR count). The van der Waals surface area contributed by atoms with Crippen molar-refractivity contribution in [3.63, 3.8) is 0 Å². The van der Waals surface area contributed by atoms with Crippen LogP contribution in [0.2, 0.25) is 0 Å². The molecule has 5 nitrogen and oxygen atoms in total. The molecule has 0 bridgehead atoms. The lowest BCUT2D eigenvalue weighted by molar-refractivity contribution is -0.137. The van der Waals surface area contributed by atoms with Gasteiger partial charge in [0.25, 0.3) is 0 Å². The number of nitrogens with zero attached hydrogens (tertiary/aromatic N) is 1. The molecule has 0 atom stereocenters. The third-order valence-corrected chi connectivity index (χ3v) is 5.58. The van der Waals surface area contributed by atoms with Crippen LogP contribution >= 0.6 is 11.3 Å². The van der Waals surface area contributed by atoms with Crippen molar-refractivity contribution < 1.29 is 33.0 Å². The smallest absolute Gasteiger partial charge is 0.416 e. The van der Waals surface area contributed by atoms with Crippen LogP contribution in [0, 0.1) is 0 Å². The minimum atomic E-state index is -4.49.